The molecule has 0 aliphatic carbocycles. The molecule has 0 fully saturated rings. The molecule has 0 spiro atoms. The van der Waals surface area contributed by atoms with E-state index in [0.717, 1.165) is 6.42 Å². The van der Waals surface area contributed by atoms with Crippen LogP contribution < -0.4 is 0 Å². The maximum Gasteiger partial charge on any atom is -0.00975 e. The van der Waals surface area contributed by atoms with Crippen LogP contribution in [0, 0.1) is 6.92 Å². The van der Waals surface area contributed by atoms with E-state index >= 15 is 0 Å². The molecular weight excluding hydrogens is 156 g/mol. The van der Waals surface area contributed by atoms with Crippen LogP contribution in [0.3, 0.4) is 0 Å². The highest BCUT2D eigenvalue weighted by molar-refractivity contribution is 5.22. The number of rotatable bonds is 4. The minimum Gasteiger partial charge on any atom is -0.0882 e. The zero-order valence-electron chi connectivity index (χ0n) is 8.59. The zero-order valence-corrected chi connectivity index (χ0v) is 8.59. The predicted octanol–water partition coefficient (Wildman–Crippen LogP) is 3.89. The molecule has 0 unspecified atom stereocenters. The lowest BCUT2D eigenvalue weighted by atomic mass is 10.1. The van der Waals surface area contributed by atoms with Crippen molar-refractivity contribution < 1.29 is 0 Å². The summed E-state index contributed by atoms with van der Waals surface area (Å²) in [5.41, 5.74) is 2.74. The largest absolute Gasteiger partial charge is 0.0882 e. The van der Waals surface area contributed by atoms with Gasteiger partial charge in [-0.05, 0) is 25.3 Å². The summed E-state index contributed by atoms with van der Waals surface area (Å²) in [5, 5.41) is 0. The van der Waals surface area contributed by atoms with Crippen LogP contribution in [-0.4, -0.2) is 0 Å². The van der Waals surface area contributed by atoms with Crippen LogP contribution in [0.2, 0.25) is 0 Å². The zero-order chi connectivity index (χ0) is 9.52. The molecule has 13 heavy (non-hydrogen) atoms. The van der Waals surface area contributed by atoms with Crippen LogP contribution in [0.4, 0.5) is 0 Å². The van der Waals surface area contributed by atoms with Crippen molar-refractivity contribution in [1.29, 1.82) is 0 Å². The first-order valence-corrected chi connectivity index (χ1v) is 5.03. The summed E-state index contributed by atoms with van der Waals surface area (Å²) in [7, 11) is 0. The number of hydrogen-bond acceptors (Lipinski definition) is 0. The molecule has 70 valence electrons. The van der Waals surface area contributed by atoms with Gasteiger partial charge in [0.25, 0.3) is 0 Å². The average Bonchev–Trinajstić information content (AvgIpc) is 2.15. The standard InChI is InChI=1S/C13H18/c1-3-4-5-6-7-13-10-8-12(2)9-11-13/h5-6,8-11H,3-4,7H2,1-2H3. The van der Waals surface area contributed by atoms with Crippen molar-refractivity contribution in [2.45, 2.75) is 33.1 Å². The Kier molecular flexibility index (Phi) is 4.31. The second-order valence-corrected chi connectivity index (χ2v) is 3.45. The maximum atomic E-state index is 2.26. The molecule has 1 aromatic rings. The predicted molar refractivity (Wildman–Crippen MR) is 58.9 cm³/mol. The molecule has 0 aliphatic heterocycles. The Labute approximate surface area is 81.3 Å². The minimum atomic E-state index is 1.07. The molecule has 0 aromatic heterocycles. The summed E-state index contributed by atoms with van der Waals surface area (Å²) >= 11 is 0. The Morgan fingerprint density at radius 1 is 1.08 bits per heavy atom. The van der Waals surface area contributed by atoms with Crippen LogP contribution in [0.15, 0.2) is 36.4 Å². The molecule has 0 amide bonds. The molecular formula is C13H18. The van der Waals surface area contributed by atoms with Gasteiger partial charge in [0.1, 0.15) is 0 Å². The van der Waals surface area contributed by atoms with Gasteiger partial charge in [0.15, 0.2) is 0 Å². The highest BCUT2D eigenvalue weighted by Crippen LogP contribution is 2.04. The Hall–Kier alpha value is -1.04. The minimum absolute atomic E-state index is 1.07. The normalized spacial score (nSPS) is 10.9. The molecule has 0 heteroatoms. The molecule has 0 aliphatic rings. The quantitative estimate of drug-likeness (QED) is 0.607. The third kappa shape index (κ3) is 3.93. The fourth-order valence-corrected chi connectivity index (χ4v) is 1.23. The fraction of sp³-hybridized carbons (Fsp3) is 0.385. The van der Waals surface area contributed by atoms with Crippen LogP contribution in [0.25, 0.3) is 0 Å². The van der Waals surface area contributed by atoms with E-state index in [1.807, 2.05) is 0 Å². The van der Waals surface area contributed by atoms with Gasteiger partial charge in [-0.3, -0.25) is 0 Å². The lowest BCUT2D eigenvalue weighted by Crippen LogP contribution is -1.80. The van der Waals surface area contributed by atoms with Crippen molar-refractivity contribution in [3.8, 4) is 0 Å². The number of hydrogen-bond donors (Lipinski definition) is 0. The Bertz CT molecular complexity index is 254. The van der Waals surface area contributed by atoms with Crippen molar-refractivity contribution in [1.82, 2.24) is 0 Å². The van der Waals surface area contributed by atoms with Gasteiger partial charge >= 0.3 is 0 Å². The van der Waals surface area contributed by atoms with Crippen LogP contribution in [0.1, 0.15) is 30.9 Å². The second kappa shape index (κ2) is 5.58. The number of benzene rings is 1. The molecule has 0 N–H and O–H groups in total. The Morgan fingerprint density at radius 3 is 2.38 bits per heavy atom. The molecule has 0 bridgehead atoms. The molecule has 0 radical (unpaired) electrons. The molecule has 0 saturated heterocycles. The molecule has 0 nitrogen and oxygen atoms in total. The van der Waals surface area contributed by atoms with E-state index in [4.69, 9.17) is 0 Å². The summed E-state index contributed by atoms with van der Waals surface area (Å²) in [6, 6.07) is 8.74. The summed E-state index contributed by atoms with van der Waals surface area (Å²) in [6.45, 7) is 4.33. The van der Waals surface area contributed by atoms with E-state index in [1.54, 1.807) is 0 Å². The van der Waals surface area contributed by atoms with Gasteiger partial charge in [-0.2, -0.15) is 0 Å². The molecule has 1 rings (SSSR count). The fourth-order valence-electron chi connectivity index (χ4n) is 1.23. The average molecular weight is 174 g/mol. The van der Waals surface area contributed by atoms with E-state index in [0.29, 0.717) is 0 Å². The third-order valence-corrected chi connectivity index (χ3v) is 2.10. The highest BCUT2D eigenvalue weighted by atomic mass is 13.9. The summed E-state index contributed by atoms with van der Waals surface area (Å²) < 4.78 is 0. The SMILES string of the molecule is CCCC=CCc1ccc(C)cc1. The first-order valence-electron chi connectivity index (χ1n) is 5.03. The smallest absolute Gasteiger partial charge is 0.00975 e. The van der Waals surface area contributed by atoms with Crippen molar-refractivity contribution in [3.63, 3.8) is 0 Å². The lowest BCUT2D eigenvalue weighted by Gasteiger charge is -1.96. The van der Waals surface area contributed by atoms with E-state index in [-0.39, 0.29) is 0 Å². The van der Waals surface area contributed by atoms with E-state index in [1.165, 1.54) is 24.0 Å². The second-order valence-electron chi connectivity index (χ2n) is 3.45. The van der Waals surface area contributed by atoms with E-state index < -0.39 is 0 Å². The monoisotopic (exact) mass is 174 g/mol. The first-order chi connectivity index (χ1) is 6.33. The molecule has 0 saturated carbocycles. The Balaban J connectivity index is 2.41. The van der Waals surface area contributed by atoms with Crippen LogP contribution in [0.5, 0.6) is 0 Å². The van der Waals surface area contributed by atoms with Crippen molar-refractivity contribution in [3.05, 3.63) is 47.5 Å². The maximum absolute atomic E-state index is 2.26. The van der Waals surface area contributed by atoms with Gasteiger partial charge in [-0.25, -0.2) is 0 Å². The van der Waals surface area contributed by atoms with Gasteiger partial charge in [0.2, 0.25) is 0 Å². The van der Waals surface area contributed by atoms with Gasteiger partial charge in [0, 0.05) is 0 Å². The topological polar surface area (TPSA) is 0 Å². The van der Waals surface area contributed by atoms with Gasteiger partial charge < -0.3 is 0 Å². The summed E-state index contributed by atoms with van der Waals surface area (Å²) in [6.07, 6.45) is 8.03. The van der Waals surface area contributed by atoms with Crippen molar-refractivity contribution >= 4 is 0 Å². The first kappa shape index (κ1) is 10.0. The van der Waals surface area contributed by atoms with Gasteiger partial charge in [0.05, 0.1) is 0 Å². The number of allylic oxidation sites excluding steroid dienone is 2. The van der Waals surface area contributed by atoms with Gasteiger partial charge in [-0.15, -0.1) is 0 Å². The Morgan fingerprint density at radius 2 is 1.77 bits per heavy atom. The van der Waals surface area contributed by atoms with Crippen molar-refractivity contribution in [2.75, 3.05) is 0 Å². The van der Waals surface area contributed by atoms with Gasteiger partial charge in [-0.1, -0.05) is 55.3 Å². The molecule has 0 heterocycles. The van der Waals surface area contributed by atoms with E-state index in [2.05, 4.69) is 50.3 Å². The molecule has 1 aromatic carbocycles. The highest BCUT2D eigenvalue weighted by Gasteiger charge is 1.87. The van der Waals surface area contributed by atoms with Crippen LogP contribution >= 0.6 is 0 Å². The van der Waals surface area contributed by atoms with E-state index in [9.17, 15) is 0 Å². The third-order valence-electron chi connectivity index (χ3n) is 2.10. The summed E-state index contributed by atoms with van der Waals surface area (Å²) in [5.74, 6) is 0. The number of unbranched alkanes of at least 4 members (excludes halogenated alkanes) is 1. The summed E-state index contributed by atoms with van der Waals surface area (Å²) in [4.78, 5) is 0. The van der Waals surface area contributed by atoms with Crippen molar-refractivity contribution in [2.24, 2.45) is 0 Å². The lowest BCUT2D eigenvalue weighted by molar-refractivity contribution is 0.953. The molecule has 0 atom stereocenters. The van der Waals surface area contributed by atoms with Crippen LogP contribution in [-0.2, 0) is 6.42 Å². The number of aryl methyl sites for hydroxylation is 1.